The van der Waals surface area contributed by atoms with Gasteiger partial charge in [-0.2, -0.15) is 0 Å². The molecule has 0 atom stereocenters. The SMILES string of the molecule is Nc1c(NCC(F)F)cccc1-c1cncc(F)c1. The van der Waals surface area contributed by atoms with Crippen LogP contribution >= 0.6 is 0 Å². The molecule has 0 aliphatic rings. The van der Waals surface area contributed by atoms with Crippen LogP contribution in [0.15, 0.2) is 36.7 Å². The van der Waals surface area contributed by atoms with Gasteiger partial charge in [0.2, 0.25) is 0 Å². The van der Waals surface area contributed by atoms with E-state index in [0.29, 0.717) is 16.8 Å². The summed E-state index contributed by atoms with van der Waals surface area (Å²) in [6.07, 6.45) is 0.0726. The van der Waals surface area contributed by atoms with E-state index in [1.165, 1.54) is 12.3 Å². The van der Waals surface area contributed by atoms with Crippen LogP contribution in [0.3, 0.4) is 0 Å². The van der Waals surface area contributed by atoms with Crippen LogP contribution in [0.2, 0.25) is 0 Å². The van der Waals surface area contributed by atoms with Crippen LogP contribution in [0.5, 0.6) is 0 Å². The Labute approximate surface area is 108 Å². The van der Waals surface area contributed by atoms with Crippen molar-refractivity contribution in [3.05, 3.63) is 42.5 Å². The zero-order valence-electron chi connectivity index (χ0n) is 9.91. The second-order valence-corrected chi connectivity index (χ2v) is 3.93. The molecule has 19 heavy (non-hydrogen) atoms. The van der Waals surface area contributed by atoms with Gasteiger partial charge in [0.25, 0.3) is 6.43 Å². The Hall–Kier alpha value is -2.24. The number of nitrogens with one attached hydrogen (secondary N) is 1. The molecule has 0 amide bonds. The maximum absolute atomic E-state index is 13.1. The highest BCUT2D eigenvalue weighted by Gasteiger charge is 2.09. The number of nitrogens with two attached hydrogens (primary N) is 1. The number of nitrogens with zero attached hydrogens (tertiary/aromatic N) is 1. The first-order valence-electron chi connectivity index (χ1n) is 5.59. The highest BCUT2D eigenvalue weighted by molar-refractivity contribution is 5.85. The van der Waals surface area contributed by atoms with E-state index < -0.39 is 18.8 Å². The van der Waals surface area contributed by atoms with Crippen LogP contribution in [0.1, 0.15) is 0 Å². The van der Waals surface area contributed by atoms with Crippen LogP contribution in [-0.2, 0) is 0 Å². The van der Waals surface area contributed by atoms with Crippen molar-refractivity contribution in [2.75, 3.05) is 17.6 Å². The lowest BCUT2D eigenvalue weighted by Crippen LogP contribution is -2.11. The number of nitrogen functional groups attached to an aromatic ring is 1. The molecule has 0 bridgehead atoms. The van der Waals surface area contributed by atoms with E-state index in [2.05, 4.69) is 10.3 Å². The first kappa shape index (κ1) is 13.2. The van der Waals surface area contributed by atoms with E-state index in [0.717, 1.165) is 6.20 Å². The molecule has 2 rings (SSSR count). The van der Waals surface area contributed by atoms with Gasteiger partial charge in [-0.05, 0) is 12.1 Å². The molecule has 0 saturated heterocycles. The normalized spacial score (nSPS) is 10.7. The number of hydrogen-bond acceptors (Lipinski definition) is 3. The lowest BCUT2D eigenvalue weighted by atomic mass is 10.0. The molecule has 3 nitrogen and oxygen atoms in total. The minimum absolute atomic E-state index is 0.288. The molecular weight excluding hydrogens is 255 g/mol. The summed E-state index contributed by atoms with van der Waals surface area (Å²) >= 11 is 0. The molecule has 2 aromatic rings. The summed E-state index contributed by atoms with van der Waals surface area (Å²) in [6.45, 7) is -0.491. The van der Waals surface area contributed by atoms with E-state index in [1.807, 2.05) is 0 Å². The number of alkyl halides is 2. The Morgan fingerprint density at radius 1 is 1.26 bits per heavy atom. The summed E-state index contributed by atoms with van der Waals surface area (Å²) in [6, 6.07) is 6.22. The molecule has 0 spiro atoms. The third-order valence-corrected chi connectivity index (χ3v) is 2.57. The summed E-state index contributed by atoms with van der Waals surface area (Å²) in [5, 5.41) is 2.55. The Morgan fingerprint density at radius 3 is 2.74 bits per heavy atom. The second-order valence-electron chi connectivity index (χ2n) is 3.93. The molecule has 0 unspecified atom stereocenters. The van der Waals surface area contributed by atoms with Crippen molar-refractivity contribution in [1.82, 2.24) is 4.98 Å². The standard InChI is InChI=1S/C13H12F3N3/c14-9-4-8(5-18-6-9)10-2-1-3-11(13(10)17)19-7-12(15)16/h1-6,12,19H,7,17H2. The summed E-state index contributed by atoms with van der Waals surface area (Å²) in [5.41, 5.74) is 7.62. The molecule has 1 aromatic heterocycles. The first-order chi connectivity index (χ1) is 9.08. The van der Waals surface area contributed by atoms with Gasteiger partial charge in [-0.1, -0.05) is 12.1 Å². The van der Waals surface area contributed by atoms with Crippen LogP contribution in [0.25, 0.3) is 11.1 Å². The summed E-state index contributed by atoms with van der Waals surface area (Å²) in [7, 11) is 0. The molecular formula is C13H12F3N3. The number of aromatic nitrogens is 1. The van der Waals surface area contributed by atoms with Crippen molar-refractivity contribution in [2.24, 2.45) is 0 Å². The quantitative estimate of drug-likeness (QED) is 0.837. The van der Waals surface area contributed by atoms with Gasteiger partial charge in [0, 0.05) is 17.3 Å². The predicted octanol–water partition coefficient (Wildman–Crippen LogP) is 3.15. The Morgan fingerprint density at radius 2 is 2.05 bits per heavy atom. The van der Waals surface area contributed by atoms with Crippen LogP contribution in [0.4, 0.5) is 24.5 Å². The molecule has 6 heteroatoms. The maximum atomic E-state index is 13.1. The van der Waals surface area contributed by atoms with Gasteiger partial charge in [-0.15, -0.1) is 0 Å². The summed E-state index contributed by atoms with van der Waals surface area (Å²) < 4.78 is 37.5. The van der Waals surface area contributed by atoms with Gasteiger partial charge in [0.1, 0.15) is 5.82 Å². The number of benzene rings is 1. The minimum Gasteiger partial charge on any atom is -0.397 e. The minimum atomic E-state index is -2.47. The molecule has 100 valence electrons. The van der Waals surface area contributed by atoms with E-state index in [9.17, 15) is 13.2 Å². The summed E-state index contributed by atoms with van der Waals surface area (Å²) in [5.74, 6) is -0.483. The lowest BCUT2D eigenvalue weighted by molar-refractivity contribution is 0.163. The molecule has 0 aliphatic carbocycles. The third kappa shape index (κ3) is 3.15. The number of anilines is 2. The Bertz CT molecular complexity index is 573. The fourth-order valence-corrected chi connectivity index (χ4v) is 1.72. The molecule has 0 aliphatic heterocycles. The van der Waals surface area contributed by atoms with Crippen LogP contribution in [-0.4, -0.2) is 18.0 Å². The van der Waals surface area contributed by atoms with Crippen molar-refractivity contribution < 1.29 is 13.2 Å². The number of rotatable bonds is 4. The Kier molecular flexibility index (Phi) is 3.89. The molecule has 0 radical (unpaired) electrons. The second kappa shape index (κ2) is 5.60. The lowest BCUT2D eigenvalue weighted by Gasteiger charge is -2.12. The number of para-hydroxylation sites is 1. The van der Waals surface area contributed by atoms with Crippen molar-refractivity contribution in [3.63, 3.8) is 0 Å². The molecule has 3 N–H and O–H groups in total. The molecule has 0 fully saturated rings. The fourth-order valence-electron chi connectivity index (χ4n) is 1.72. The monoisotopic (exact) mass is 267 g/mol. The van der Waals surface area contributed by atoms with E-state index in [4.69, 9.17) is 5.73 Å². The average molecular weight is 267 g/mol. The average Bonchev–Trinajstić information content (AvgIpc) is 2.37. The number of pyridine rings is 1. The maximum Gasteiger partial charge on any atom is 0.255 e. The summed E-state index contributed by atoms with van der Waals surface area (Å²) in [4.78, 5) is 3.73. The fraction of sp³-hybridized carbons (Fsp3) is 0.154. The highest BCUT2D eigenvalue weighted by Crippen LogP contribution is 2.31. The van der Waals surface area contributed by atoms with Crippen molar-refractivity contribution in [3.8, 4) is 11.1 Å². The number of halogens is 3. The molecule has 1 aromatic carbocycles. The van der Waals surface area contributed by atoms with Gasteiger partial charge in [-0.3, -0.25) is 4.98 Å². The van der Waals surface area contributed by atoms with Crippen LogP contribution < -0.4 is 11.1 Å². The number of hydrogen-bond donors (Lipinski definition) is 2. The highest BCUT2D eigenvalue weighted by atomic mass is 19.3. The largest absolute Gasteiger partial charge is 0.397 e. The van der Waals surface area contributed by atoms with Gasteiger partial charge in [0.15, 0.2) is 0 Å². The van der Waals surface area contributed by atoms with Gasteiger partial charge in [-0.25, -0.2) is 13.2 Å². The van der Waals surface area contributed by atoms with E-state index in [-0.39, 0.29) is 5.69 Å². The first-order valence-corrected chi connectivity index (χ1v) is 5.59. The van der Waals surface area contributed by atoms with Gasteiger partial charge >= 0.3 is 0 Å². The van der Waals surface area contributed by atoms with Crippen molar-refractivity contribution in [2.45, 2.75) is 6.43 Å². The van der Waals surface area contributed by atoms with E-state index >= 15 is 0 Å². The predicted molar refractivity (Wildman–Crippen MR) is 68.5 cm³/mol. The van der Waals surface area contributed by atoms with Crippen LogP contribution in [0, 0.1) is 5.82 Å². The van der Waals surface area contributed by atoms with Gasteiger partial charge in [0.05, 0.1) is 24.1 Å². The zero-order valence-corrected chi connectivity index (χ0v) is 9.91. The van der Waals surface area contributed by atoms with E-state index in [1.54, 1.807) is 18.2 Å². The molecule has 1 heterocycles. The van der Waals surface area contributed by atoms with Crippen molar-refractivity contribution >= 4 is 11.4 Å². The smallest absolute Gasteiger partial charge is 0.255 e. The Balaban J connectivity index is 2.34. The zero-order chi connectivity index (χ0) is 13.8. The topological polar surface area (TPSA) is 50.9 Å². The molecule has 0 saturated carbocycles. The van der Waals surface area contributed by atoms with Crippen molar-refractivity contribution in [1.29, 1.82) is 0 Å². The van der Waals surface area contributed by atoms with Gasteiger partial charge < -0.3 is 11.1 Å². The third-order valence-electron chi connectivity index (χ3n) is 2.57.